The summed E-state index contributed by atoms with van der Waals surface area (Å²) >= 11 is 0. The van der Waals surface area contributed by atoms with Gasteiger partial charge in [-0.05, 0) is 13.3 Å². The van der Waals surface area contributed by atoms with E-state index in [1.165, 1.54) is 6.08 Å². The number of rotatable bonds is 4. The molecule has 0 rings (SSSR count). The summed E-state index contributed by atoms with van der Waals surface area (Å²) in [5.41, 5.74) is 0.236. The van der Waals surface area contributed by atoms with Gasteiger partial charge in [0.25, 0.3) is 0 Å². The van der Waals surface area contributed by atoms with E-state index in [1.807, 2.05) is 6.92 Å². The van der Waals surface area contributed by atoms with Gasteiger partial charge in [0.15, 0.2) is 0 Å². The van der Waals surface area contributed by atoms with Crippen molar-refractivity contribution in [2.75, 3.05) is 0 Å². The van der Waals surface area contributed by atoms with Crippen LogP contribution >= 0.6 is 0 Å². The minimum absolute atomic E-state index is 0.236. The highest BCUT2D eigenvalue weighted by atomic mass is 32.3. The van der Waals surface area contributed by atoms with Crippen molar-refractivity contribution >= 4 is 16.4 Å². The standard InChI is InChI=1S/C7H12O5S/c1-3-5-6(4-2)7(8)12-13(9,10)11/h4H,3,5H2,1-2H3,(H,9,10,11). The zero-order valence-electron chi connectivity index (χ0n) is 7.48. The van der Waals surface area contributed by atoms with Crippen molar-refractivity contribution in [2.24, 2.45) is 0 Å². The second-order valence-electron chi connectivity index (χ2n) is 2.36. The van der Waals surface area contributed by atoms with E-state index in [2.05, 4.69) is 4.18 Å². The van der Waals surface area contributed by atoms with Crippen LogP contribution < -0.4 is 0 Å². The Morgan fingerprint density at radius 2 is 2.08 bits per heavy atom. The van der Waals surface area contributed by atoms with Crippen LogP contribution in [0.25, 0.3) is 0 Å². The number of carbonyl (C=O) groups excluding carboxylic acids is 1. The van der Waals surface area contributed by atoms with Gasteiger partial charge >= 0.3 is 16.4 Å². The molecular formula is C7H12O5S. The maximum Gasteiger partial charge on any atom is 0.449 e. The first kappa shape index (κ1) is 12.1. The molecule has 0 saturated carbocycles. The van der Waals surface area contributed by atoms with E-state index in [-0.39, 0.29) is 5.57 Å². The van der Waals surface area contributed by atoms with E-state index >= 15 is 0 Å². The average Bonchev–Trinajstić information content (AvgIpc) is 1.96. The molecule has 13 heavy (non-hydrogen) atoms. The summed E-state index contributed by atoms with van der Waals surface area (Å²) in [5.74, 6) is -1.02. The summed E-state index contributed by atoms with van der Waals surface area (Å²) in [6, 6.07) is 0. The van der Waals surface area contributed by atoms with E-state index in [9.17, 15) is 13.2 Å². The molecule has 0 fully saturated rings. The monoisotopic (exact) mass is 208 g/mol. The molecule has 76 valence electrons. The molecule has 0 aliphatic rings. The Kier molecular flexibility index (Phi) is 4.64. The third-order valence-corrected chi connectivity index (χ3v) is 1.67. The number of hydrogen-bond donors (Lipinski definition) is 1. The number of hydrogen-bond acceptors (Lipinski definition) is 4. The smallest absolute Gasteiger partial charge is 0.321 e. The Hall–Kier alpha value is -0.880. The Balaban J connectivity index is 4.42. The lowest BCUT2D eigenvalue weighted by Crippen LogP contribution is -2.13. The molecule has 5 nitrogen and oxygen atoms in total. The molecule has 0 aromatic carbocycles. The lowest BCUT2D eigenvalue weighted by molar-refractivity contribution is -0.130. The highest BCUT2D eigenvalue weighted by molar-refractivity contribution is 7.81. The average molecular weight is 208 g/mol. The van der Waals surface area contributed by atoms with Crippen LogP contribution in [-0.4, -0.2) is 18.9 Å². The molecule has 0 aromatic heterocycles. The van der Waals surface area contributed by atoms with Gasteiger partial charge in [-0.1, -0.05) is 19.4 Å². The molecule has 0 unspecified atom stereocenters. The van der Waals surface area contributed by atoms with Crippen molar-refractivity contribution in [3.05, 3.63) is 11.6 Å². The summed E-state index contributed by atoms with van der Waals surface area (Å²) < 4.78 is 32.3. The second kappa shape index (κ2) is 4.98. The fourth-order valence-corrected chi connectivity index (χ4v) is 1.08. The SMILES string of the molecule is CC=C(CCC)C(=O)OS(=O)(=O)O. The van der Waals surface area contributed by atoms with Gasteiger partial charge < -0.3 is 4.18 Å². The first-order valence-electron chi connectivity index (χ1n) is 3.77. The summed E-state index contributed by atoms with van der Waals surface area (Å²) in [6.45, 7) is 3.43. The van der Waals surface area contributed by atoms with E-state index in [1.54, 1.807) is 6.92 Å². The van der Waals surface area contributed by atoms with Gasteiger partial charge in [0.2, 0.25) is 0 Å². The fourth-order valence-electron chi connectivity index (χ4n) is 0.783. The van der Waals surface area contributed by atoms with Crippen LogP contribution in [0, 0.1) is 0 Å². The molecule has 0 saturated heterocycles. The van der Waals surface area contributed by atoms with E-state index in [4.69, 9.17) is 4.55 Å². The first-order chi connectivity index (χ1) is 5.90. The molecular weight excluding hydrogens is 196 g/mol. The van der Waals surface area contributed by atoms with Crippen LogP contribution in [0.4, 0.5) is 0 Å². The maximum absolute atomic E-state index is 11.0. The highest BCUT2D eigenvalue weighted by Gasteiger charge is 2.16. The van der Waals surface area contributed by atoms with E-state index in [0.29, 0.717) is 12.8 Å². The van der Waals surface area contributed by atoms with E-state index < -0.39 is 16.4 Å². The first-order valence-corrected chi connectivity index (χ1v) is 5.13. The van der Waals surface area contributed by atoms with Gasteiger partial charge in [-0.25, -0.2) is 4.79 Å². The number of carbonyl (C=O) groups is 1. The summed E-state index contributed by atoms with van der Waals surface area (Å²) in [4.78, 5) is 11.0. The molecule has 0 spiro atoms. The molecule has 0 aromatic rings. The van der Waals surface area contributed by atoms with Gasteiger partial charge in [0, 0.05) is 5.57 Å². The van der Waals surface area contributed by atoms with Crippen LogP contribution in [0.5, 0.6) is 0 Å². The van der Waals surface area contributed by atoms with Crippen molar-refractivity contribution < 1.29 is 21.9 Å². The topological polar surface area (TPSA) is 80.7 Å². The van der Waals surface area contributed by atoms with Crippen molar-refractivity contribution in [3.63, 3.8) is 0 Å². The van der Waals surface area contributed by atoms with Crippen molar-refractivity contribution in [1.29, 1.82) is 0 Å². The molecule has 6 heteroatoms. The fraction of sp³-hybridized carbons (Fsp3) is 0.571. The van der Waals surface area contributed by atoms with Crippen LogP contribution in [-0.2, 0) is 19.4 Å². The van der Waals surface area contributed by atoms with Gasteiger partial charge in [0.1, 0.15) is 0 Å². The molecule has 0 bridgehead atoms. The van der Waals surface area contributed by atoms with Crippen LogP contribution in [0.2, 0.25) is 0 Å². The molecule has 0 amide bonds. The lowest BCUT2D eigenvalue weighted by atomic mass is 10.1. The normalized spacial score (nSPS) is 12.7. The van der Waals surface area contributed by atoms with Crippen LogP contribution in [0.3, 0.4) is 0 Å². The zero-order chi connectivity index (χ0) is 10.5. The predicted octanol–water partition coefficient (Wildman–Crippen LogP) is 1.08. The Morgan fingerprint density at radius 3 is 2.38 bits per heavy atom. The quantitative estimate of drug-likeness (QED) is 0.552. The largest absolute Gasteiger partial charge is 0.449 e. The molecule has 0 heterocycles. The van der Waals surface area contributed by atoms with Gasteiger partial charge in [-0.3, -0.25) is 4.55 Å². The lowest BCUT2D eigenvalue weighted by Gasteiger charge is -2.02. The zero-order valence-corrected chi connectivity index (χ0v) is 8.30. The highest BCUT2D eigenvalue weighted by Crippen LogP contribution is 2.08. The molecule has 0 radical (unpaired) electrons. The number of allylic oxidation sites excluding steroid dienone is 1. The molecule has 1 N–H and O–H groups in total. The summed E-state index contributed by atoms with van der Waals surface area (Å²) in [6.07, 6.45) is 2.57. The van der Waals surface area contributed by atoms with E-state index in [0.717, 1.165) is 0 Å². The molecule has 0 aliphatic carbocycles. The van der Waals surface area contributed by atoms with Crippen LogP contribution in [0.15, 0.2) is 11.6 Å². The maximum atomic E-state index is 11.0. The van der Waals surface area contributed by atoms with Gasteiger partial charge in [-0.2, -0.15) is 8.42 Å². The molecule has 0 aliphatic heterocycles. The van der Waals surface area contributed by atoms with Crippen molar-refractivity contribution in [1.82, 2.24) is 0 Å². The third-order valence-electron chi connectivity index (χ3n) is 1.31. The molecule has 0 atom stereocenters. The third kappa shape index (κ3) is 5.37. The van der Waals surface area contributed by atoms with Crippen LogP contribution in [0.1, 0.15) is 26.7 Å². The Morgan fingerprint density at radius 1 is 1.54 bits per heavy atom. The summed E-state index contributed by atoms with van der Waals surface area (Å²) in [7, 11) is -4.69. The van der Waals surface area contributed by atoms with Crippen molar-refractivity contribution in [2.45, 2.75) is 26.7 Å². The van der Waals surface area contributed by atoms with Gasteiger partial charge in [0.05, 0.1) is 0 Å². The second-order valence-corrected chi connectivity index (χ2v) is 3.38. The Labute approximate surface area is 77.4 Å². The minimum Gasteiger partial charge on any atom is -0.321 e. The van der Waals surface area contributed by atoms with Gasteiger partial charge in [-0.15, -0.1) is 0 Å². The predicted molar refractivity (Wildman–Crippen MR) is 46.3 cm³/mol. The Bertz CT molecular complexity index is 301. The van der Waals surface area contributed by atoms with Crippen molar-refractivity contribution in [3.8, 4) is 0 Å². The minimum atomic E-state index is -4.69. The summed E-state index contributed by atoms with van der Waals surface area (Å²) in [5, 5.41) is 0.